The zero-order valence-electron chi connectivity index (χ0n) is 12.0. The van der Waals surface area contributed by atoms with Gasteiger partial charge in [-0.3, -0.25) is 0 Å². The number of nitrogens with zero attached hydrogens (tertiary/aromatic N) is 4. The monoisotopic (exact) mass is 293 g/mol. The van der Waals surface area contributed by atoms with Gasteiger partial charge in [0, 0.05) is 20.6 Å². The third-order valence-corrected chi connectivity index (χ3v) is 3.34. The third kappa shape index (κ3) is 3.80. The first-order valence-electron chi connectivity index (χ1n) is 6.51. The molecule has 2 rings (SSSR count). The van der Waals surface area contributed by atoms with Crippen LogP contribution in [-0.2, 0) is 6.54 Å². The zero-order chi connectivity index (χ0) is 14.4. The number of aromatic nitrogens is 3. The number of rotatable bonds is 7. The van der Waals surface area contributed by atoms with Crippen LogP contribution < -0.4 is 15.0 Å². The van der Waals surface area contributed by atoms with E-state index in [4.69, 9.17) is 4.74 Å². The Morgan fingerprint density at radius 2 is 2.20 bits per heavy atom. The summed E-state index contributed by atoms with van der Waals surface area (Å²) in [5.74, 6) is 1.11. The fourth-order valence-electron chi connectivity index (χ4n) is 1.61. The fourth-order valence-corrected chi connectivity index (χ4v) is 2.27. The molecule has 108 valence electrons. The average molecular weight is 293 g/mol. The highest BCUT2D eigenvalue weighted by molar-refractivity contribution is 7.07. The van der Waals surface area contributed by atoms with E-state index < -0.39 is 0 Å². The Morgan fingerprint density at radius 1 is 1.35 bits per heavy atom. The van der Waals surface area contributed by atoms with Gasteiger partial charge in [-0.05, 0) is 28.8 Å². The minimum absolute atomic E-state index is 0.360. The van der Waals surface area contributed by atoms with Crippen molar-refractivity contribution in [2.24, 2.45) is 0 Å². The van der Waals surface area contributed by atoms with E-state index in [0.717, 1.165) is 13.0 Å². The van der Waals surface area contributed by atoms with E-state index in [2.05, 4.69) is 37.1 Å². The second-order valence-corrected chi connectivity index (χ2v) is 5.11. The number of hydrogen-bond donors (Lipinski definition) is 1. The quantitative estimate of drug-likeness (QED) is 0.845. The maximum absolute atomic E-state index is 5.50. The van der Waals surface area contributed by atoms with E-state index >= 15 is 0 Å². The van der Waals surface area contributed by atoms with Crippen molar-refractivity contribution in [3.8, 4) is 6.01 Å². The molecule has 0 unspecified atom stereocenters. The first-order chi connectivity index (χ1) is 9.72. The van der Waals surface area contributed by atoms with E-state index in [1.54, 1.807) is 18.4 Å². The molecule has 2 heterocycles. The summed E-state index contributed by atoms with van der Waals surface area (Å²) in [4.78, 5) is 14.9. The topological polar surface area (TPSA) is 63.2 Å². The number of nitrogens with one attached hydrogen (secondary N) is 1. The maximum atomic E-state index is 5.50. The molecule has 0 aliphatic heterocycles. The first kappa shape index (κ1) is 14.5. The van der Waals surface area contributed by atoms with Crippen LogP contribution in [0.1, 0.15) is 18.9 Å². The highest BCUT2D eigenvalue weighted by Gasteiger charge is 2.11. The Bertz CT molecular complexity index is 532. The largest absolute Gasteiger partial charge is 0.463 e. The summed E-state index contributed by atoms with van der Waals surface area (Å²) >= 11 is 1.68. The number of ether oxygens (including phenoxy) is 1. The molecule has 0 radical (unpaired) electrons. The molecule has 2 aromatic rings. The highest BCUT2D eigenvalue weighted by Crippen LogP contribution is 2.17. The molecule has 2 aromatic heterocycles. The van der Waals surface area contributed by atoms with Crippen molar-refractivity contribution in [1.82, 2.24) is 15.0 Å². The molecule has 20 heavy (non-hydrogen) atoms. The lowest BCUT2D eigenvalue weighted by Crippen LogP contribution is -2.20. The lowest BCUT2D eigenvalue weighted by molar-refractivity contribution is 0.292. The van der Waals surface area contributed by atoms with Crippen LogP contribution in [0.4, 0.5) is 11.9 Å². The van der Waals surface area contributed by atoms with Gasteiger partial charge in [-0.25, -0.2) is 0 Å². The Morgan fingerprint density at radius 3 is 2.85 bits per heavy atom. The molecule has 0 saturated carbocycles. The van der Waals surface area contributed by atoms with E-state index in [1.165, 1.54) is 5.56 Å². The van der Waals surface area contributed by atoms with Crippen molar-refractivity contribution in [3.05, 3.63) is 22.4 Å². The van der Waals surface area contributed by atoms with Gasteiger partial charge in [0.05, 0.1) is 6.61 Å². The SMILES string of the molecule is CCCOc1nc(NC)nc(N(C)Cc2ccsc2)n1. The van der Waals surface area contributed by atoms with Crippen molar-refractivity contribution in [2.75, 3.05) is 30.9 Å². The van der Waals surface area contributed by atoms with Gasteiger partial charge >= 0.3 is 6.01 Å². The van der Waals surface area contributed by atoms with Crippen LogP contribution >= 0.6 is 11.3 Å². The number of thiophene rings is 1. The van der Waals surface area contributed by atoms with Crippen LogP contribution in [0, 0.1) is 0 Å². The lowest BCUT2D eigenvalue weighted by Gasteiger charge is -2.17. The number of hydrogen-bond acceptors (Lipinski definition) is 7. The second-order valence-electron chi connectivity index (χ2n) is 4.33. The first-order valence-corrected chi connectivity index (χ1v) is 7.46. The van der Waals surface area contributed by atoms with Gasteiger partial charge in [-0.1, -0.05) is 6.92 Å². The molecule has 0 bridgehead atoms. The Hall–Kier alpha value is -1.89. The summed E-state index contributed by atoms with van der Waals surface area (Å²) < 4.78 is 5.50. The Kier molecular flexibility index (Phi) is 5.11. The molecule has 0 spiro atoms. The lowest BCUT2D eigenvalue weighted by atomic mass is 10.3. The minimum Gasteiger partial charge on any atom is -0.463 e. The fraction of sp³-hybridized carbons (Fsp3) is 0.462. The summed E-state index contributed by atoms with van der Waals surface area (Å²) in [5, 5.41) is 7.11. The zero-order valence-corrected chi connectivity index (χ0v) is 12.8. The van der Waals surface area contributed by atoms with Crippen molar-refractivity contribution in [2.45, 2.75) is 19.9 Å². The normalized spacial score (nSPS) is 10.3. The van der Waals surface area contributed by atoms with E-state index in [0.29, 0.717) is 24.5 Å². The maximum Gasteiger partial charge on any atom is 0.323 e. The molecular weight excluding hydrogens is 274 g/mol. The van der Waals surface area contributed by atoms with Crippen molar-refractivity contribution >= 4 is 23.2 Å². The Labute approximate surface area is 122 Å². The van der Waals surface area contributed by atoms with Gasteiger partial charge in [-0.2, -0.15) is 26.3 Å². The molecule has 0 saturated heterocycles. The van der Waals surface area contributed by atoms with Crippen LogP contribution in [0.5, 0.6) is 6.01 Å². The molecule has 6 nitrogen and oxygen atoms in total. The molecule has 0 aromatic carbocycles. The molecule has 7 heteroatoms. The molecule has 0 fully saturated rings. The van der Waals surface area contributed by atoms with Crippen molar-refractivity contribution in [3.63, 3.8) is 0 Å². The van der Waals surface area contributed by atoms with Gasteiger partial charge in [0.25, 0.3) is 0 Å². The Balaban J connectivity index is 2.16. The van der Waals surface area contributed by atoms with Gasteiger partial charge in [0.1, 0.15) is 0 Å². The van der Waals surface area contributed by atoms with Gasteiger partial charge < -0.3 is 15.0 Å². The van der Waals surface area contributed by atoms with E-state index in [1.807, 2.05) is 18.9 Å². The van der Waals surface area contributed by atoms with Gasteiger partial charge in [-0.15, -0.1) is 0 Å². The van der Waals surface area contributed by atoms with Crippen LogP contribution in [0.3, 0.4) is 0 Å². The molecule has 0 atom stereocenters. The van der Waals surface area contributed by atoms with Crippen molar-refractivity contribution in [1.29, 1.82) is 0 Å². The second kappa shape index (κ2) is 7.04. The van der Waals surface area contributed by atoms with Crippen LogP contribution in [0.25, 0.3) is 0 Å². The number of anilines is 2. The summed E-state index contributed by atoms with van der Waals surface area (Å²) in [7, 11) is 3.73. The van der Waals surface area contributed by atoms with E-state index in [9.17, 15) is 0 Å². The summed E-state index contributed by atoms with van der Waals surface area (Å²) in [6.07, 6.45) is 0.917. The summed E-state index contributed by atoms with van der Waals surface area (Å²) in [5.41, 5.74) is 1.24. The van der Waals surface area contributed by atoms with Crippen molar-refractivity contribution < 1.29 is 4.74 Å². The molecule has 0 aliphatic rings. The molecular formula is C13H19N5OS. The molecule has 0 amide bonds. The third-order valence-electron chi connectivity index (χ3n) is 2.60. The highest BCUT2D eigenvalue weighted by atomic mass is 32.1. The van der Waals surface area contributed by atoms with Gasteiger partial charge in [0.15, 0.2) is 0 Å². The smallest absolute Gasteiger partial charge is 0.323 e. The van der Waals surface area contributed by atoms with Crippen LogP contribution in [0.15, 0.2) is 16.8 Å². The predicted molar refractivity (Wildman–Crippen MR) is 81.6 cm³/mol. The van der Waals surface area contributed by atoms with Crippen LogP contribution in [-0.4, -0.2) is 35.7 Å². The minimum atomic E-state index is 0.360. The van der Waals surface area contributed by atoms with Gasteiger partial charge in [0.2, 0.25) is 11.9 Å². The van der Waals surface area contributed by atoms with E-state index in [-0.39, 0.29) is 0 Å². The molecule has 0 aliphatic carbocycles. The predicted octanol–water partition coefficient (Wildman–Crippen LogP) is 2.40. The standard InChI is InChI=1S/C13H19N5OS/c1-4-6-19-13-16-11(14-2)15-12(17-13)18(3)8-10-5-7-20-9-10/h5,7,9H,4,6,8H2,1-3H3,(H,14,15,16,17). The summed E-state index contributed by atoms with van der Waals surface area (Å²) in [6, 6.07) is 2.45. The molecule has 1 N–H and O–H groups in total. The summed E-state index contributed by atoms with van der Waals surface area (Å²) in [6.45, 7) is 3.40. The van der Waals surface area contributed by atoms with Crippen LogP contribution in [0.2, 0.25) is 0 Å². The average Bonchev–Trinajstić information content (AvgIpc) is 2.97.